The number of rotatable bonds is 5. The molecule has 0 aliphatic carbocycles. The first-order valence-corrected chi connectivity index (χ1v) is 9.38. The zero-order chi connectivity index (χ0) is 18.7. The molecule has 3 aromatic rings. The molecule has 1 amide bonds. The van der Waals surface area contributed by atoms with Crippen LogP contribution in [0.2, 0.25) is 5.02 Å². The molecule has 7 nitrogen and oxygen atoms in total. The molecule has 1 heterocycles. The Balaban J connectivity index is 1.78. The van der Waals surface area contributed by atoms with Gasteiger partial charge in [0.2, 0.25) is 18.2 Å². The van der Waals surface area contributed by atoms with Crippen LogP contribution in [0.1, 0.15) is 11.1 Å². The lowest BCUT2D eigenvalue weighted by Crippen LogP contribution is -2.31. The van der Waals surface area contributed by atoms with Crippen molar-refractivity contribution in [1.82, 2.24) is 14.9 Å². The fourth-order valence-corrected chi connectivity index (χ4v) is 3.64. The van der Waals surface area contributed by atoms with Crippen molar-refractivity contribution in [3.05, 3.63) is 65.0 Å². The second kappa shape index (κ2) is 7.27. The van der Waals surface area contributed by atoms with Gasteiger partial charge in [-0.2, -0.15) is 0 Å². The highest BCUT2D eigenvalue weighted by molar-refractivity contribution is 7.90. The number of amides is 1. The van der Waals surface area contributed by atoms with Gasteiger partial charge in [-0.1, -0.05) is 29.8 Å². The summed E-state index contributed by atoms with van der Waals surface area (Å²) >= 11 is 6.09. The van der Waals surface area contributed by atoms with Crippen molar-refractivity contribution in [2.24, 2.45) is 0 Å². The Labute approximate surface area is 155 Å². The van der Waals surface area contributed by atoms with Gasteiger partial charge in [-0.3, -0.25) is 4.79 Å². The number of hydrogen-bond acceptors (Lipinski definition) is 6. The van der Waals surface area contributed by atoms with E-state index in [9.17, 15) is 13.2 Å². The van der Waals surface area contributed by atoms with E-state index < -0.39 is 15.9 Å². The van der Waals surface area contributed by atoms with Crippen molar-refractivity contribution in [3.63, 3.8) is 0 Å². The molecule has 3 rings (SSSR count). The van der Waals surface area contributed by atoms with Crippen LogP contribution in [0.25, 0.3) is 11.5 Å². The van der Waals surface area contributed by atoms with Crippen LogP contribution < -0.4 is 4.72 Å². The zero-order valence-electron chi connectivity index (χ0n) is 13.6. The van der Waals surface area contributed by atoms with Crippen LogP contribution >= 0.6 is 11.6 Å². The third-order valence-electron chi connectivity index (χ3n) is 3.56. The van der Waals surface area contributed by atoms with Gasteiger partial charge >= 0.3 is 0 Å². The van der Waals surface area contributed by atoms with Crippen LogP contribution in [0.5, 0.6) is 0 Å². The molecule has 0 atom stereocenters. The summed E-state index contributed by atoms with van der Waals surface area (Å²) in [6.45, 7) is 1.87. The summed E-state index contributed by atoms with van der Waals surface area (Å²) in [5.41, 5.74) is 1.92. The number of nitrogens with zero attached hydrogens (tertiary/aromatic N) is 2. The first-order valence-electron chi connectivity index (χ1n) is 7.52. The summed E-state index contributed by atoms with van der Waals surface area (Å²) < 4.78 is 32.0. The number of aromatic nitrogens is 2. The molecule has 2 aromatic carbocycles. The predicted molar refractivity (Wildman–Crippen MR) is 95.0 cm³/mol. The number of carbonyl (C=O) groups is 1. The third-order valence-corrected chi connectivity index (χ3v) is 5.28. The van der Waals surface area contributed by atoms with Gasteiger partial charge in [0.25, 0.3) is 10.0 Å². The largest absolute Gasteiger partial charge is 0.423 e. The molecule has 0 fully saturated rings. The Morgan fingerprint density at radius 2 is 2.04 bits per heavy atom. The Morgan fingerprint density at radius 1 is 1.23 bits per heavy atom. The van der Waals surface area contributed by atoms with Gasteiger partial charge < -0.3 is 4.42 Å². The van der Waals surface area contributed by atoms with Crippen LogP contribution in [-0.2, 0) is 21.2 Å². The lowest BCUT2D eigenvalue weighted by Gasteiger charge is -2.09. The molecule has 1 N–H and O–H groups in total. The van der Waals surface area contributed by atoms with Gasteiger partial charge in [-0.25, -0.2) is 13.1 Å². The van der Waals surface area contributed by atoms with Crippen molar-refractivity contribution in [3.8, 4) is 11.5 Å². The highest BCUT2D eigenvalue weighted by Gasteiger charge is 2.19. The number of benzene rings is 2. The van der Waals surface area contributed by atoms with E-state index in [0.717, 1.165) is 12.0 Å². The minimum absolute atomic E-state index is 0.0865. The van der Waals surface area contributed by atoms with Gasteiger partial charge in [-0.05, 0) is 42.3 Å². The summed E-state index contributed by atoms with van der Waals surface area (Å²) in [4.78, 5) is 12.1. The van der Waals surface area contributed by atoms with Gasteiger partial charge in [-0.15, -0.1) is 10.2 Å². The molecule has 0 saturated carbocycles. The van der Waals surface area contributed by atoms with Gasteiger partial charge in [0.1, 0.15) is 0 Å². The van der Waals surface area contributed by atoms with Crippen molar-refractivity contribution in [2.45, 2.75) is 18.2 Å². The fraction of sp³-hybridized carbons (Fsp3) is 0.118. The molecular weight excluding hydrogens is 378 g/mol. The second-order valence-electron chi connectivity index (χ2n) is 5.57. The Bertz CT molecular complexity index is 1050. The maximum absolute atomic E-state index is 12.5. The van der Waals surface area contributed by atoms with E-state index in [1.54, 1.807) is 24.3 Å². The Hall–Kier alpha value is -2.71. The molecule has 0 radical (unpaired) electrons. The SMILES string of the molecule is Cc1ccc(CC(=O)NS(=O)(=O)c2cccc(-c3nnco3)c2)c(Cl)c1. The van der Waals surface area contributed by atoms with Crippen LogP contribution in [0.4, 0.5) is 0 Å². The number of hydrogen-bond donors (Lipinski definition) is 1. The minimum atomic E-state index is -4.05. The summed E-state index contributed by atoms with van der Waals surface area (Å²) in [6.07, 6.45) is 0.991. The van der Waals surface area contributed by atoms with E-state index in [-0.39, 0.29) is 17.2 Å². The highest BCUT2D eigenvalue weighted by Crippen LogP contribution is 2.21. The fourth-order valence-electron chi connectivity index (χ4n) is 2.31. The topological polar surface area (TPSA) is 102 Å². The normalized spacial score (nSPS) is 11.3. The molecule has 9 heteroatoms. The lowest BCUT2D eigenvalue weighted by molar-refractivity contribution is -0.118. The predicted octanol–water partition coefficient (Wildman–Crippen LogP) is 2.75. The van der Waals surface area contributed by atoms with Gasteiger partial charge in [0.05, 0.1) is 11.3 Å². The van der Waals surface area contributed by atoms with Gasteiger partial charge in [0, 0.05) is 10.6 Å². The van der Waals surface area contributed by atoms with Crippen molar-refractivity contribution in [2.75, 3.05) is 0 Å². The molecule has 0 unspecified atom stereocenters. The summed E-state index contributed by atoms with van der Waals surface area (Å²) in [7, 11) is -4.05. The van der Waals surface area contributed by atoms with E-state index in [2.05, 4.69) is 10.2 Å². The van der Waals surface area contributed by atoms with E-state index in [4.69, 9.17) is 16.0 Å². The van der Waals surface area contributed by atoms with Gasteiger partial charge in [0.15, 0.2) is 0 Å². The van der Waals surface area contributed by atoms with Crippen LogP contribution in [0, 0.1) is 6.92 Å². The summed E-state index contributed by atoms with van der Waals surface area (Å²) in [5, 5.41) is 7.69. The average Bonchev–Trinajstić information content (AvgIpc) is 3.12. The van der Waals surface area contributed by atoms with E-state index in [1.165, 1.54) is 18.2 Å². The number of aryl methyl sites for hydroxylation is 1. The Kier molecular flexibility index (Phi) is 5.06. The third kappa shape index (κ3) is 4.09. The first kappa shape index (κ1) is 18.1. The number of nitrogens with one attached hydrogen (secondary N) is 1. The second-order valence-corrected chi connectivity index (χ2v) is 7.66. The molecule has 0 aliphatic heterocycles. The lowest BCUT2D eigenvalue weighted by atomic mass is 10.1. The molecule has 0 spiro atoms. The van der Waals surface area contributed by atoms with Crippen LogP contribution in [0.15, 0.2) is 58.2 Å². The van der Waals surface area contributed by atoms with Crippen molar-refractivity contribution in [1.29, 1.82) is 0 Å². The Morgan fingerprint density at radius 3 is 2.73 bits per heavy atom. The van der Waals surface area contributed by atoms with Crippen molar-refractivity contribution < 1.29 is 17.6 Å². The van der Waals surface area contributed by atoms with E-state index in [0.29, 0.717) is 16.1 Å². The maximum Gasteiger partial charge on any atom is 0.264 e. The standard InChI is InChI=1S/C17H14ClN3O4S/c1-11-5-6-12(15(18)7-11)9-16(22)21-26(23,24)14-4-2-3-13(8-14)17-20-19-10-25-17/h2-8,10H,9H2,1H3,(H,21,22). The van der Waals surface area contributed by atoms with Crippen LogP contribution in [-0.4, -0.2) is 24.5 Å². The van der Waals surface area contributed by atoms with E-state index >= 15 is 0 Å². The maximum atomic E-state index is 12.5. The molecular formula is C17H14ClN3O4S. The number of halogens is 1. The van der Waals surface area contributed by atoms with Crippen LogP contribution in [0.3, 0.4) is 0 Å². The number of carbonyl (C=O) groups excluding carboxylic acids is 1. The smallest absolute Gasteiger partial charge is 0.264 e. The monoisotopic (exact) mass is 391 g/mol. The van der Waals surface area contributed by atoms with Crippen molar-refractivity contribution >= 4 is 27.5 Å². The average molecular weight is 392 g/mol. The zero-order valence-corrected chi connectivity index (χ0v) is 15.2. The first-order chi connectivity index (χ1) is 12.3. The van der Waals surface area contributed by atoms with E-state index in [1.807, 2.05) is 11.6 Å². The molecule has 0 saturated heterocycles. The number of sulfonamides is 1. The minimum Gasteiger partial charge on any atom is -0.423 e. The highest BCUT2D eigenvalue weighted by atomic mass is 35.5. The molecule has 0 aliphatic rings. The quantitative estimate of drug-likeness (QED) is 0.717. The molecule has 26 heavy (non-hydrogen) atoms. The molecule has 1 aromatic heterocycles. The summed E-state index contributed by atoms with van der Waals surface area (Å²) in [5.74, 6) is -0.501. The summed E-state index contributed by atoms with van der Waals surface area (Å²) in [6, 6.07) is 11.1. The molecule has 134 valence electrons. The molecule has 0 bridgehead atoms.